The number of hydrogen-bond acceptors (Lipinski definition) is 3. The summed E-state index contributed by atoms with van der Waals surface area (Å²) in [5.41, 5.74) is 3.13. The van der Waals surface area contributed by atoms with Crippen LogP contribution in [-0.2, 0) is 23.1 Å². The number of halogens is 1. The summed E-state index contributed by atoms with van der Waals surface area (Å²) in [6.45, 7) is 2.92. The standard InChI is InChI=1S/C17H22ClN3O2/c1-13(23-3)11-21(17(22)10-18)12-14-6-4-5-7-15(14)16-8-9-19-20(16)2/h4-9,13H,10-12H2,1-3H3. The van der Waals surface area contributed by atoms with Crippen LogP contribution in [-0.4, -0.2) is 46.2 Å². The molecule has 0 N–H and O–H groups in total. The van der Waals surface area contributed by atoms with Crippen molar-refractivity contribution in [2.75, 3.05) is 19.5 Å². The number of rotatable bonds is 7. The average molecular weight is 336 g/mol. The molecule has 1 aromatic heterocycles. The van der Waals surface area contributed by atoms with E-state index in [1.54, 1.807) is 18.2 Å². The lowest BCUT2D eigenvalue weighted by molar-refractivity contribution is -0.130. The predicted molar refractivity (Wildman–Crippen MR) is 91.3 cm³/mol. The minimum atomic E-state index is -0.102. The number of amides is 1. The Bertz CT molecular complexity index is 657. The summed E-state index contributed by atoms with van der Waals surface area (Å²) in [6.07, 6.45) is 1.71. The monoisotopic (exact) mass is 335 g/mol. The second kappa shape index (κ2) is 8.13. The molecule has 0 radical (unpaired) electrons. The Morgan fingerprint density at radius 2 is 2.13 bits per heavy atom. The molecule has 23 heavy (non-hydrogen) atoms. The number of methoxy groups -OCH3 is 1. The van der Waals surface area contributed by atoms with E-state index in [1.807, 2.05) is 49.0 Å². The molecule has 1 heterocycles. The topological polar surface area (TPSA) is 47.4 Å². The first-order valence-corrected chi connectivity index (χ1v) is 8.03. The summed E-state index contributed by atoms with van der Waals surface area (Å²) in [5.74, 6) is -0.139. The molecule has 6 heteroatoms. The molecule has 2 rings (SSSR count). The van der Waals surface area contributed by atoms with Gasteiger partial charge in [-0.15, -0.1) is 11.6 Å². The number of hydrogen-bond donors (Lipinski definition) is 0. The van der Waals surface area contributed by atoms with E-state index >= 15 is 0 Å². The zero-order chi connectivity index (χ0) is 16.8. The Kier molecular flexibility index (Phi) is 6.19. The zero-order valence-electron chi connectivity index (χ0n) is 13.7. The highest BCUT2D eigenvalue weighted by atomic mass is 35.5. The molecule has 0 saturated heterocycles. The van der Waals surface area contributed by atoms with Crippen molar-refractivity contribution in [3.8, 4) is 11.3 Å². The fourth-order valence-electron chi connectivity index (χ4n) is 2.48. The second-order valence-corrected chi connectivity index (χ2v) is 5.72. The van der Waals surface area contributed by atoms with Crippen LogP contribution in [0.2, 0.25) is 0 Å². The van der Waals surface area contributed by atoms with Crippen molar-refractivity contribution in [3.05, 3.63) is 42.1 Å². The summed E-state index contributed by atoms with van der Waals surface area (Å²) >= 11 is 5.76. The van der Waals surface area contributed by atoms with Crippen molar-refractivity contribution in [2.45, 2.75) is 19.6 Å². The largest absolute Gasteiger partial charge is 0.380 e. The Hall–Kier alpha value is -1.85. The lowest BCUT2D eigenvalue weighted by Crippen LogP contribution is -2.37. The van der Waals surface area contributed by atoms with Crippen LogP contribution in [0.25, 0.3) is 11.3 Å². The van der Waals surface area contributed by atoms with Gasteiger partial charge in [0, 0.05) is 39.0 Å². The molecule has 5 nitrogen and oxygen atoms in total. The number of benzene rings is 1. The molecular weight excluding hydrogens is 314 g/mol. The van der Waals surface area contributed by atoms with Crippen LogP contribution in [0.15, 0.2) is 36.5 Å². The summed E-state index contributed by atoms with van der Waals surface area (Å²) < 4.78 is 7.11. The molecule has 0 aliphatic heterocycles. The Morgan fingerprint density at radius 3 is 2.74 bits per heavy atom. The van der Waals surface area contributed by atoms with Crippen molar-refractivity contribution < 1.29 is 9.53 Å². The highest BCUT2D eigenvalue weighted by Crippen LogP contribution is 2.24. The summed E-state index contributed by atoms with van der Waals surface area (Å²) in [4.78, 5) is 13.9. The van der Waals surface area contributed by atoms with Gasteiger partial charge in [-0.25, -0.2) is 0 Å². The molecular formula is C17H22ClN3O2. The molecule has 1 atom stereocenters. The van der Waals surface area contributed by atoms with Crippen LogP contribution < -0.4 is 0 Å². The molecule has 0 aliphatic rings. The fraction of sp³-hybridized carbons (Fsp3) is 0.412. The van der Waals surface area contributed by atoms with Crippen molar-refractivity contribution in [3.63, 3.8) is 0 Å². The molecule has 0 spiro atoms. The summed E-state index contributed by atoms with van der Waals surface area (Å²) in [5, 5.41) is 4.22. The fourth-order valence-corrected chi connectivity index (χ4v) is 2.64. The first-order valence-electron chi connectivity index (χ1n) is 7.49. The summed E-state index contributed by atoms with van der Waals surface area (Å²) in [7, 11) is 3.54. The predicted octanol–water partition coefficient (Wildman–Crippen LogP) is 2.69. The molecule has 1 unspecified atom stereocenters. The van der Waals surface area contributed by atoms with Crippen LogP contribution >= 0.6 is 11.6 Å². The van der Waals surface area contributed by atoms with Gasteiger partial charge >= 0.3 is 0 Å². The van der Waals surface area contributed by atoms with Gasteiger partial charge in [-0.05, 0) is 18.6 Å². The third-order valence-electron chi connectivity index (χ3n) is 3.82. The number of ether oxygens (including phenoxy) is 1. The molecule has 1 aromatic carbocycles. The van der Waals surface area contributed by atoms with Crippen molar-refractivity contribution >= 4 is 17.5 Å². The second-order valence-electron chi connectivity index (χ2n) is 5.45. The van der Waals surface area contributed by atoms with E-state index in [1.165, 1.54) is 0 Å². The van der Waals surface area contributed by atoms with Gasteiger partial charge in [0.15, 0.2) is 0 Å². The third kappa shape index (κ3) is 4.33. The minimum absolute atomic E-state index is 0.0374. The maximum absolute atomic E-state index is 12.2. The molecule has 0 bridgehead atoms. The van der Waals surface area contributed by atoms with Crippen LogP contribution in [0.1, 0.15) is 12.5 Å². The molecule has 1 amide bonds. The van der Waals surface area contributed by atoms with E-state index in [0.29, 0.717) is 13.1 Å². The van der Waals surface area contributed by atoms with Crippen LogP contribution in [0.4, 0.5) is 0 Å². The van der Waals surface area contributed by atoms with E-state index in [0.717, 1.165) is 16.8 Å². The SMILES string of the molecule is COC(C)CN(Cc1ccccc1-c1ccnn1C)C(=O)CCl. The zero-order valence-corrected chi connectivity index (χ0v) is 14.5. The van der Waals surface area contributed by atoms with Crippen molar-refractivity contribution in [1.29, 1.82) is 0 Å². The number of nitrogens with zero attached hydrogens (tertiary/aromatic N) is 3. The van der Waals surface area contributed by atoms with Crippen molar-refractivity contribution in [1.82, 2.24) is 14.7 Å². The van der Waals surface area contributed by atoms with Crippen LogP contribution in [0.3, 0.4) is 0 Å². The van der Waals surface area contributed by atoms with E-state index < -0.39 is 0 Å². The van der Waals surface area contributed by atoms with Gasteiger partial charge in [-0.3, -0.25) is 9.48 Å². The first kappa shape index (κ1) is 17.5. The van der Waals surface area contributed by atoms with Gasteiger partial charge in [-0.1, -0.05) is 24.3 Å². The Morgan fingerprint density at radius 1 is 1.39 bits per heavy atom. The highest BCUT2D eigenvalue weighted by molar-refractivity contribution is 6.27. The molecule has 0 aliphatic carbocycles. The lowest BCUT2D eigenvalue weighted by atomic mass is 10.0. The van der Waals surface area contributed by atoms with Crippen LogP contribution in [0.5, 0.6) is 0 Å². The van der Waals surface area contributed by atoms with E-state index in [-0.39, 0.29) is 17.9 Å². The maximum Gasteiger partial charge on any atom is 0.237 e. The maximum atomic E-state index is 12.2. The molecule has 2 aromatic rings. The van der Waals surface area contributed by atoms with Gasteiger partial charge in [0.25, 0.3) is 0 Å². The lowest BCUT2D eigenvalue weighted by Gasteiger charge is -2.26. The Labute approximate surface area is 141 Å². The van der Waals surface area contributed by atoms with Gasteiger partial charge in [0.2, 0.25) is 5.91 Å². The number of carbonyl (C=O) groups is 1. The average Bonchev–Trinajstić information content (AvgIpc) is 2.99. The smallest absolute Gasteiger partial charge is 0.237 e. The molecule has 0 fully saturated rings. The number of aryl methyl sites for hydroxylation is 1. The van der Waals surface area contributed by atoms with Gasteiger partial charge in [0.05, 0.1) is 11.8 Å². The third-order valence-corrected chi connectivity index (χ3v) is 4.05. The molecule has 124 valence electrons. The molecule has 0 saturated carbocycles. The number of aromatic nitrogens is 2. The number of carbonyl (C=O) groups excluding carboxylic acids is 1. The van der Waals surface area contributed by atoms with E-state index in [4.69, 9.17) is 16.3 Å². The summed E-state index contributed by atoms with van der Waals surface area (Å²) in [6, 6.07) is 9.98. The normalized spacial score (nSPS) is 12.2. The first-order chi connectivity index (χ1) is 11.1. The van der Waals surface area contributed by atoms with E-state index in [2.05, 4.69) is 5.10 Å². The quantitative estimate of drug-likeness (QED) is 0.731. The number of alkyl halides is 1. The van der Waals surface area contributed by atoms with E-state index in [9.17, 15) is 4.79 Å². The van der Waals surface area contributed by atoms with Crippen LogP contribution in [0, 0.1) is 0 Å². The van der Waals surface area contributed by atoms with Gasteiger partial charge in [0.1, 0.15) is 5.88 Å². The van der Waals surface area contributed by atoms with Crippen molar-refractivity contribution in [2.24, 2.45) is 7.05 Å². The van der Waals surface area contributed by atoms with Gasteiger partial charge in [-0.2, -0.15) is 5.10 Å². The van der Waals surface area contributed by atoms with Gasteiger partial charge < -0.3 is 9.64 Å². The minimum Gasteiger partial charge on any atom is -0.380 e. The highest BCUT2D eigenvalue weighted by Gasteiger charge is 2.18. The Balaban J connectivity index is 2.30.